The smallest absolute Gasteiger partial charge is 0.728 e. The number of hydrogen-bond acceptors (Lipinski definition) is 4. The number of nitrogens with zero attached hydrogens (tertiary/aromatic N) is 2. The van der Waals surface area contributed by atoms with Crippen molar-refractivity contribution in [3.8, 4) is 0 Å². The van der Waals surface area contributed by atoms with Crippen LogP contribution in [0.25, 0.3) is 0 Å². The SMILES string of the molecule is O=S(=O)([O-])N=Nc1ccccc1.[Cu+]. The van der Waals surface area contributed by atoms with Crippen molar-refractivity contribution in [2.75, 3.05) is 0 Å². The standard InChI is InChI=1S/C6H6N2O3S.Cu/c9-12(10,11)8-7-6-4-2-1-3-5-6;/h1-5H,(H,9,10,11);/q;+1/p-1. The first-order valence-electron chi connectivity index (χ1n) is 3.02. The van der Waals surface area contributed by atoms with Gasteiger partial charge in [-0.2, -0.15) is 0 Å². The molecule has 0 amide bonds. The quantitative estimate of drug-likeness (QED) is 0.448. The maximum atomic E-state index is 9.99. The number of benzene rings is 1. The van der Waals surface area contributed by atoms with Crippen LogP contribution in [0.2, 0.25) is 0 Å². The molecule has 0 aliphatic heterocycles. The van der Waals surface area contributed by atoms with E-state index in [4.69, 9.17) is 0 Å². The molecule has 1 rings (SSSR count). The third-order valence-electron chi connectivity index (χ3n) is 1.01. The van der Waals surface area contributed by atoms with E-state index in [1.165, 1.54) is 12.1 Å². The van der Waals surface area contributed by atoms with E-state index in [9.17, 15) is 13.0 Å². The van der Waals surface area contributed by atoms with Crippen LogP contribution >= 0.6 is 0 Å². The van der Waals surface area contributed by atoms with Gasteiger partial charge in [-0.1, -0.05) is 22.7 Å². The molecule has 0 unspecified atom stereocenters. The monoisotopic (exact) mass is 248 g/mol. The zero-order valence-electron chi connectivity index (χ0n) is 6.22. The molecule has 13 heavy (non-hydrogen) atoms. The Balaban J connectivity index is 0.00000144. The molecule has 0 heterocycles. The summed E-state index contributed by atoms with van der Waals surface area (Å²) in [6, 6.07) is 8.13. The zero-order valence-corrected chi connectivity index (χ0v) is 7.97. The molecule has 0 fully saturated rings. The van der Waals surface area contributed by atoms with Crippen molar-refractivity contribution in [1.82, 2.24) is 0 Å². The van der Waals surface area contributed by atoms with E-state index >= 15 is 0 Å². The normalized spacial score (nSPS) is 11.2. The molecule has 0 saturated heterocycles. The van der Waals surface area contributed by atoms with E-state index in [2.05, 4.69) is 9.63 Å². The van der Waals surface area contributed by atoms with E-state index in [0.717, 1.165) is 0 Å². The second-order valence-electron chi connectivity index (χ2n) is 1.94. The fraction of sp³-hybridized carbons (Fsp3) is 0. The minimum absolute atomic E-state index is 0. The second-order valence-corrected chi connectivity index (χ2v) is 2.96. The van der Waals surface area contributed by atoms with Crippen LogP contribution in [0.5, 0.6) is 0 Å². The van der Waals surface area contributed by atoms with Gasteiger partial charge in [-0.25, -0.2) is 8.42 Å². The van der Waals surface area contributed by atoms with Crippen LogP contribution in [-0.2, 0) is 27.4 Å². The van der Waals surface area contributed by atoms with Gasteiger partial charge in [0.25, 0.3) is 0 Å². The molecule has 0 aliphatic carbocycles. The van der Waals surface area contributed by atoms with E-state index < -0.39 is 10.3 Å². The summed E-state index contributed by atoms with van der Waals surface area (Å²) < 4.78 is 32.5. The van der Waals surface area contributed by atoms with Gasteiger partial charge in [0, 0.05) is 0 Å². The van der Waals surface area contributed by atoms with Gasteiger partial charge in [0.2, 0.25) is 10.3 Å². The molecule has 0 spiro atoms. The van der Waals surface area contributed by atoms with Gasteiger partial charge < -0.3 is 4.55 Å². The van der Waals surface area contributed by atoms with E-state index in [1.54, 1.807) is 18.2 Å². The maximum Gasteiger partial charge on any atom is 1.00 e. The molecular formula is C6H5CuN2O3S. The van der Waals surface area contributed by atoms with E-state index in [-0.39, 0.29) is 17.1 Å². The summed E-state index contributed by atoms with van der Waals surface area (Å²) in [7, 11) is -4.61. The zero-order chi connectivity index (χ0) is 9.03. The van der Waals surface area contributed by atoms with Gasteiger partial charge >= 0.3 is 17.1 Å². The van der Waals surface area contributed by atoms with Crippen molar-refractivity contribution in [2.45, 2.75) is 0 Å². The van der Waals surface area contributed by atoms with Crippen LogP contribution < -0.4 is 0 Å². The molecule has 0 aromatic heterocycles. The van der Waals surface area contributed by atoms with Crippen molar-refractivity contribution >= 4 is 16.0 Å². The van der Waals surface area contributed by atoms with Gasteiger partial charge in [-0.3, -0.25) is 0 Å². The molecule has 74 valence electrons. The molecule has 0 aliphatic rings. The molecule has 0 saturated carbocycles. The molecule has 1 aromatic carbocycles. The summed E-state index contributed by atoms with van der Waals surface area (Å²) in [5.41, 5.74) is 0.330. The Kier molecular flexibility index (Phi) is 4.79. The first-order valence-corrected chi connectivity index (χ1v) is 4.38. The van der Waals surface area contributed by atoms with Crippen molar-refractivity contribution in [3.63, 3.8) is 0 Å². The molecule has 5 nitrogen and oxygen atoms in total. The Hall–Kier alpha value is -0.751. The Morgan fingerprint density at radius 2 is 1.69 bits per heavy atom. The van der Waals surface area contributed by atoms with Gasteiger partial charge in [0.1, 0.15) is 0 Å². The predicted octanol–water partition coefficient (Wildman–Crippen LogP) is 1.23. The average molecular weight is 249 g/mol. The fourth-order valence-electron chi connectivity index (χ4n) is 0.592. The van der Waals surface area contributed by atoms with Crippen LogP contribution in [0.3, 0.4) is 0 Å². The summed E-state index contributed by atoms with van der Waals surface area (Å²) in [6.07, 6.45) is 0. The van der Waals surface area contributed by atoms with Crippen molar-refractivity contribution in [2.24, 2.45) is 9.63 Å². The van der Waals surface area contributed by atoms with Gasteiger partial charge in [0.15, 0.2) is 0 Å². The first-order chi connectivity index (χ1) is 5.58. The largest absolute Gasteiger partial charge is 1.00 e. The molecule has 0 radical (unpaired) electrons. The predicted molar refractivity (Wildman–Crippen MR) is 40.7 cm³/mol. The molecule has 0 bridgehead atoms. The summed E-state index contributed by atoms with van der Waals surface area (Å²) in [5, 5.41) is 3.20. The van der Waals surface area contributed by atoms with Crippen molar-refractivity contribution < 1.29 is 30.0 Å². The second kappa shape index (κ2) is 5.08. The minimum Gasteiger partial charge on any atom is -0.728 e. The Bertz CT molecular complexity index is 376. The van der Waals surface area contributed by atoms with Gasteiger partial charge in [-0.15, -0.1) is 5.11 Å². The third-order valence-corrected chi connectivity index (χ3v) is 1.29. The Morgan fingerprint density at radius 1 is 1.15 bits per heavy atom. The van der Waals surface area contributed by atoms with E-state index in [0.29, 0.717) is 5.69 Å². The average Bonchev–Trinajstić information content (AvgIpc) is 2.02. The number of hydrogen-bond donors (Lipinski definition) is 0. The summed E-state index contributed by atoms with van der Waals surface area (Å²) in [5.74, 6) is 0. The fourth-order valence-corrected chi connectivity index (χ4v) is 0.786. The molecule has 1 aromatic rings. The summed E-state index contributed by atoms with van der Waals surface area (Å²) >= 11 is 0. The molecule has 7 heteroatoms. The van der Waals surface area contributed by atoms with Crippen molar-refractivity contribution in [1.29, 1.82) is 0 Å². The first kappa shape index (κ1) is 12.2. The van der Waals surface area contributed by atoms with Crippen molar-refractivity contribution in [3.05, 3.63) is 30.3 Å². The van der Waals surface area contributed by atoms with Crippen LogP contribution in [0.15, 0.2) is 40.0 Å². The Morgan fingerprint density at radius 3 is 2.15 bits per heavy atom. The topological polar surface area (TPSA) is 81.9 Å². The summed E-state index contributed by atoms with van der Waals surface area (Å²) in [6.45, 7) is 0. The van der Waals surface area contributed by atoms with Crippen LogP contribution in [-0.4, -0.2) is 13.0 Å². The third kappa shape index (κ3) is 5.48. The molecular weight excluding hydrogens is 244 g/mol. The minimum atomic E-state index is -4.61. The maximum absolute atomic E-state index is 9.99. The molecule has 0 N–H and O–H groups in total. The Labute approximate surface area is 86.2 Å². The van der Waals surface area contributed by atoms with Gasteiger partial charge in [-0.05, 0) is 12.1 Å². The summed E-state index contributed by atoms with van der Waals surface area (Å²) in [4.78, 5) is 0. The van der Waals surface area contributed by atoms with Gasteiger partial charge in [0.05, 0.1) is 5.69 Å². The molecule has 0 atom stereocenters. The van der Waals surface area contributed by atoms with Crippen LogP contribution in [0, 0.1) is 0 Å². The number of rotatable bonds is 2. The van der Waals surface area contributed by atoms with Crippen LogP contribution in [0.4, 0.5) is 5.69 Å². The van der Waals surface area contributed by atoms with Crippen LogP contribution in [0.1, 0.15) is 0 Å². The van der Waals surface area contributed by atoms with E-state index in [1.807, 2.05) is 0 Å².